The van der Waals surface area contributed by atoms with Crippen molar-refractivity contribution >= 4 is 5.96 Å². The van der Waals surface area contributed by atoms with Gasteiger partial charge in [0, 0.05) is 20.2 Å². The van der Waals surface area contributed by atoms with Gasteiger partial charge in [0.2, 0.25) is 0 Å². The smallest absolute Gasteiger partial charge is 0.191 e. The quantitative estimate of drug-likeness (QED) is 0.414. The molecule has 3 rings (SSSR count). The van der Waals surface area contributed by atoms with E-state index in [1.165, 1.54) is 0 Å². The molecule has 1 aliphatic rings. The zero-order valence-electron chi connectivity index (χ0n) is 16.0. The highest BCUT2D eigenvalue weighted by molar-refractivity contribution is 5.79. The summed E-state index contributed by atoms with van der Waals surface area (Å²) >= 11 is 0. The standard InChI is InChI=1S/C19H28N6O2/c1-15-23-24-18(25(15)2)14-22-19(21-13-17-9-6-11-26-17)20-10-12-27-16-7-4-3-5-8-16/h3-5,7-8,17H,6,9-14H2,1-2H3,(H2,20,21,22). The van der Waals surface area contributed by atoms with Crippen LogP contribution in [0.15, 0.2) is 35.3 Å². The number of para-hydroxylation sites is 1. The Morgan fingerprint density at radius 2 is 2.15 bits per heavy atom. The van der Waals surface area contributed by atoms with Crippen LogP contribution in [0, 0.1) is 6.92 Å². The minimum absolute atomic E-state index is 0.245. The van der Waals surface area contributed by atoms with Crippen LogP contribution in [0.5, 0.6) is 5.75 Å². The van der Waals surface area contributed by atoms with E-state index in [4.69, 9.17) is 9.47 Å². The molecule has 1 aromatic heterocycles. The lowest BCUT2D eigenvalue weighted by molar-refractivity contribution is 0.113. The largest absolute Gasteiger partial charge is 0.492 e. The van der Waals surface area contributed by atoms with Crippen LogP contribution < -0.4 is 15.4 Å². The van der Waals surface area contributed by atoms with Gasteiger partial charge in [-0.2, -0.15) is 0 Å². The van der Waals surface area contributed by atoms with Crippen LogP contribution in [0.1, 0.15) is 24.5 Å². The predicted octanol–water partition coefficient (Wildman–Crippen LogP) is 1.42. The van der Waals surface area contributed by atoms with E-state index in [9.17, 15) is 0 Å². The molecule has 1 saturated heterocycles. The zero-order valence-corrected chi connectivity index (χ0v) is 16.0. The number of hydrogen-bond donors (Lipinski definition) is 2. The number of ether oxygens (including phenoxy) is 2. The van der Waals surface area contributed by atoms with Crippen molar-refractivity contribution in [3.63, 3.8) is 0 Å². The molecule has 0 spiro atoms. The third-order valence-corrected chi connectivity index (χ3v) is 4.49. The van der Waals surface area contributed by atoms with E-state index in [1.54, 1.807) is 0 Å². The van der Waals surface area contributed by atoms with Gasteiger partial charge in [0.1, 0.15) is 24.7 Å². The SMILES string of the molecule is Cc1nnc(CN=C(NCCOc2ccccc2)NCC2CCCO2)n1C. The van der Waals surface area contributed by atoms with Crippen LogP contribution in [0.2, 0.25) is 0 Å². The second kappa shape index (κ2) is 9.91. The van der Waals surface area contributed by atoms with Gasteiger partial charge in [-0.3, -0.25) is 0 Å². The Morgan fingerprint density at radius 1 is 1.30 bits per heavy atom. The molecule has 0 amide bonds. The Kier molecular flexibility index (Phi) is 7.04. The molecule has 0 saturated carbocycles. The maximum absolute atomic E-state index is 5.72. The van der Waals surface area contributed by atoms with Gasteiger partial charge in [0.15, 0.2) is 11.8 Å². The Balaban J connectivity index is 1.51. The molecule has 8 nitrogen and oxygen atoms in total. The molecule has 2 N–H and O–H groups in total. The van der Waals surface area contributed by atoms with Crippen molar-refractivity contribution in [2.75, 3.05) is 26.3 Å². The van der Waals surface area contributed by atoms with E-state index < -0.39 is 0 Å². The molecule has 146 valence electrons. The monoisotopic (exact) mass is 372 g/mol. The summed E-state index contributed by atoms with van der Waals surface area (Å²) in [7, 11) is 1.95. The first-order valence-electron chi connectivity index (χ1n) is 9.39. The lowest BCUT2D eigenvalue weighted by atomic mass is 10.2. The minimum Gasteiger partial charge on any atom is -0.492 e. The van der Waals surface area contributed by atoms with E-state index >= 15 is 0 Å². The molecule has 1 atom stereocenters. The number of hydrogen-bond acceptors (Lipinski definition) is 5. The maximum Gasteiger partial charge on any atom is 0.191 e. The number of nitrogens with one attached hydrogen (secondary N) is 2. The molecule has 1 fully saturated rings. The normalized spacial score (nSPS) is 17.1. The molecular formula is C19H28N6O2. The molecule has 1 unspecified atom stereocenters. The van der Waals surface area contributed by atoms with Crippen molar-refractivity contribution in [2.24, 2.45) is 12.0 Å². The average molecular weight is 372 g/mol. The summed E-state index contributed by atoms with van der Waals surface area (Å²) in [4.78, 5) is 4.63. The number of guanidine groups is 1. The summed E-state index contributed by atoms with van der Waals surface area (Å²) in [6, 6.07) is 9.78. The molecule has 2 heterocycles. The Morgan fingerprint density at radius 3 is 2.85 bits per heavy atom. The van der Waals surface area contributed by atoms with Gasteiger partial charge in [0.25, 0.3) is 0 Å². The molecule has 27 heavy (non-hydrogen) atoms. The fourth-order valence-corrected chi connectivity index (χ4v) is 2.78. The Hall–Kier alpha value is -2.61. The highest BCUT2D eigenvalue weighted by atomic mass is 16.5. The fourth-order valence-electron chi connectivity index (χ4n) is 2.78. The van der Waals surface area contributed by atoms with Gasteiger partial charge in [-0.05, 0) is 31.9 Å². The first-order chi connectivity index (χ1) is 13.2. The number of rotatable bonds is 8. The van der Waals surface area contributed by atoms with Gasteiger partial charge >= 0.3 is 0 Å². The maximum atomic E-state index is 5.72. The van der Waals surface area contributed by atoms with Crippen LogP contribution >= 0.6 is 0 Å². The van der Waals surface area contributed by atoms with E-state index in [1.807, 2.05) is 48.9 Å². The lowest BCUT2D eigenvalue weighted by Crippen LogP contribution is -2.42. The van der Waals surface area contributed by atoms with Crippen LogP contribution in [-0.2, 0) is 18.3 Å². The highest BCUT2D eigenvalue weighted by Crippen LogP contribution is 2.10. The minimum atomic E-state index is 0.245. The third-order valence-electron chi connectivity index (χ3n) is 4.49. The number of nitrogens with zero attached hydrogens (tertiary/aromatic N) is 4. The van der Waals surface area contributed by atoms with Gasteiger partial charge in [-0.25, -0.2) is 4.99 Å². The average Bonchev–Trinajstić information content (AvgIpc) is 3.32. The summed E-state index contributed by atoms with van der Waals surface area (Å²) in [6.45, 7) is 5.16. The van der Waals surface area contributed by atoms with Crippen LogP contribution in [-0.4, -0.2) is 53.1 Å². The zero-order chi connectivity index (χ0) is 18.9. The number of benzene rings is 1. The summed E-state index contributed by atoms with van der Waals surface area (Å²) in [6.07, 6.45) is 2.45. The lowest BCUT2D eigenvalue weighted by Gasteiger charge is -2.16. The van der Waals surface area contributed by atoms with Crippen LogP contribution in [0.3, 0.4) is 0 Å². The number of aliphatic imine (C=N–C) groups is 1. The van der Waals surface area contributed by atoms with Crippen LogP contribution in [0.25, 0.3) is 0 Å². The number of aryl methyl sites for hydroxylation is 1. The predicted molar refractivity (Wildman–Crippen MR) is 104 cm³/mol. The van der Waals surface area contributed by atoms with E-state index in [2.05, 4.69) is 25.8 Å². The van der Waals surface area contributed by atoms with Crippen molar-refractivity contribution in [3.8, 4) is 5.75 Å². The first-order valence-corrected chi connectivity index (χ1v) is 9.39. The molecule has 8 heteroatoms. The van der Waals surface area contributed by atoms with E-state index in [0.717, 1.165) is 49.4 Å². The molecule has 1 aromatic carbocycles. The van der Waals surface area contributed by atoms with Gasteiger partial charge in [-0.1, -0.05) is 18.2 Å². The van der Waals surface area contributed by atoms with Crippen molar-refractivity contribution in [1.82, 2.24) is 25.4 Å². The molecule has 2 aromatic rings. The molecule has 0 radical (unpaired) electrons. The topological polar surface area (TPSA) is 85.6 Å². The number of aromatic nitrogens is 3. The van der Waals surface area contributed by atoms with Gasteiger partial charge in [0.05, 0.1) is 12.6 Å². The Labute approximate surface area is 160 Å². The van der Waals surface area contributed by atoms with Crippen molar-refractivity contribution < 1.29 is 9.47 Å². The fraction of sp³-hybridized carbons (Fsp3) is 0.526. The van der Waals surface area contributed by atoms with E-state index in [-0.39, 0.29) is 6.10 Å². The second-order valence-electron chi connectivity index (χ2n) is 6.49. The van der Waals surface area contributed by atoms with Gasteiger partial charge in [-0.15, -0.1) is 10.2 Å². The summed E-state index contributed by atoms with van der Waals surface area (Å²) in [5.74, 6) is 3.28. The molecular weight excluding hydrogens is 344 g/mol. The van der Waals surface area contributed by atoms with Gasteiger partial charge < -0.3 is 24.7 Å². The molecule has 0 bridgehead atoms. The summed E-state index contributed by atoms with van der Waals surface area (Å²) < 4.78 is 13.3. The third kappa shape index (κ3) is 5.96. The van der Waals surface area contributed by atoms with Crippen molar-refractivity contribution in [3.05, 3.63) is 42.0 Å². The highest BCUT2D eigenvalue weighted by Gasteiger charge is 2.15. The van der Waals surface area contributed by atoms with E-state index in [0.29, 0.717) is 19.7 Å². The Bertz CT molecular complexity index is 725. The van der Waals surface area contributed by atoms with Crippen molar-refractivity contribution in [1.29, 1.82) is 0 Å². The summed E-state index contributed by atoms with van der Waals surface area (Å²) in [5, 5.41) is 14.9. The summed E-state index contributed by atoms with van der Waals surface area (Å²) in [5.41, 5.74) is 0. The van der Waals surface area contributed by atoms with Crippen LogP contribution in [0.4, 0.5) is 0 Å². The first kappa shape index (κ1) is 19.2. The second-order valence-corrected chi connectivity index (χ2v) is 6.49. The van der Waals surface area contributed by atoms with Crippen molar-refractivity contribution in [2.45, 2.75) is 32.4 Å². The molecule has 0 aliphatic carbocycles. The molecule has 1 aliphatic heterocycles.